The van der Waals surface area contributed by atoms with Crippen LogP contribution in [0.15, 0.2) is 30.5 Å². The maximum atomic E-state index is 11.5. The van der Waals surface area contributed by atoms with Gasteiger partial charge in [-0.1, -0.05) is 90.8 Å². The number of Topliss-reactive ketones (excluding diaryl/α,β-unsaturated/α-hetero) is 1. The van der Waals surface area contributed by atoms with Crippen molar-refractivity contribution in [3.8, 4) is 0 Å². The number of hydrogen-bond acceptors (Lipinski definition) is 1. The van der Waals surface area contributed by atoms with Gasteiger partial charge in [0.05, 0.1) is 0 Å². The van der Waals surface area contributed by atoms with Gasteiger partial charge >= 0.3 is 0 Å². The summed E-state index contributed by atoms with van der Waals surface area (Å²) >= 11 is 0. The number of nitrogens with zero attached hydrogens (tertiary/aromatic N) is 1. The summed E-state index contributed by atoms with van der Waals surface area (Å²) in [5.41, 5.74) is 2.01. The Morgan fingerprint density at radius 2 is 1.60 bits per heavy atom. The SMILES string of the molecule is CCCCCC1CC(C)CCC(C)C1.CCCCn1cc(C(C)=O)c2ccccc21. The summed E-state index contributed by atoms with van der Waals surface area (Å²) in [5, 5.41) is 1.08. The van der Waals surface area contributed by atoms with Crippen molar-refractivity contribution in [1.29, 1.82) is 0 Å². The minimum absolute atomic E-state index is 0.145. The number of aryl methyl sites for hydroxylation is 1. The van der Waals surface area contributed by atoms with Gasteiger partial charge in [0.2, 0.25) is 0 Å². The van der Waals surface area contributed by atoms with Gasteiger partial charge in [0, 0.05) is 29.2 Å². The fraction of sp³-hybridized carbons (Fsp3) is 0.679. The van der Waals surface area contributed by atoms with E-state index in [1.807, 2.05) is 24.4 Å². The van der Waals surface area contributed by atoms with E-state index in [0.29, 0.717) is 0 Å². The molecule has 2 nitrogen and oxygen atoms in total. The maximum Gasteiger partial charge on any atom is 0.161 e. The van der Waals surface area contributed by atoms with E-state index in [2.05, 4.69) is 38.3 Å². The highest BCUT2D eigenvalue weighted by Gasteiger charge is 2.20. The second-order valence-electron chi connectivity index (χ2n) is 9.78. The van der Waals surface area contributed by atoms with Crippen LogP contribution >= 0.6 is 0 Å². The Hall–Kier alpha value is -1.57. The molecule has 168 valence electrons. The Morgan fingerprint density at radius 3 is 2.20 bits per heavy atom. The molecule has 0 amide bonds. The first-order valence-corrected chi connectivity index (χ1v) is 12.5. The number of carbonyl (C=O) groups is 1. The Bertz CT molecular complexity index is 747. The number of rotatable bonds is 8. The molecular formula is C28H45NO. The lowest BCUT2D eigenvalue weighted by Gasteiger charge is -2.18. The minimum Gasteiger partial charge on any atom is -0.347 e. The topological polar surface area (TPSA) is 22.0 Å². The molecule has 30 heavy (non-hydrogen) atoms. The highest BCUT2D eigenvalue weighted by atomic mass is 16.1. The van der Waals surface area contributed by atoms with Gasteiger partial charge in [-0.25, -0.2) is 0 Å². The number of ketones is 1. The Morgan fingerprint density at radius 1 is 0.967 bits per heavy atom. The van der Waals surface area contributed by atoms with Crippen molar-refractivity contribution in [2.24, 2.45) is 17.8 Å². The van der Waals surface area contributed by atoms with E-state index >= 15 is 0 Å². The molecule has 1 aliphatic rings. The van der Waals surface area contributed by atoms with Crippen LogP contribution in [0.25, 0.3) is 10.9 Å². The molecule has 0 aliphatic heterocycles. The normalized spacial score (nSPS) is 21.7. The molecule has 1 aliphatic carbocycles. The van der Waals surface area contributed by atoms with Crippen molar-refractivity contribution < 1.29 is 4.79 Å². The Labute approximate surface area is 185 Å². The van der Waals surface area contributed by atoms with E-state index in [4.69, 9.17) is 0 Å². The molecule has 2 unspecified atom stereocenters. The molecule has 0 saturated heterocycles. The van der Waals surface area contributed by atoms with E-state index in [9.17, 15) is 4.79 Å². The zero-order valence-corrected chi connectivity index (χ0v) is 20.3. The molecule has 2 heteroatoms. The highest BCUT2D eigenvalue weighted by Crippen LogP contribution is 2.33. The van der Waals surface area contributed by atoms with Gasteiger partial charge in [-0.15, -0.1) is 0 Å². The van der Waals surface area contributed by atoms with Crippen molar-refractivity contribution in [2.75, 3.05) is 0 Å². The largest absolute Gasteiger partial charge is 0.347 e. The molecule has 0 radical (unpaired) electrons. The molecular weight excluding hydrogens is 366 g/mol. The van der Waals surface area contributed by atoms with Crippen LogP contribution in [0.5, 0.6) is 0 Å². The maximum absolute atomic E-state index is 11.5. The summed E-state index contributed by atoms with van der Waals surface area (Å²) < 4.78 is 2.19. The number of benzene rings is 1. The lowest BCUT2D eigenvalue weighted by Crippen LogP contribution is -2.05. The van der Waals surface area contributed by atoms with E-state index < -0.39 is 0 Å². The van der Waals surface area contributed by atoms with E-state index in [-0.39, 0.29) is 5.78 Å². The molecule has 1 fully saturated rings. The van der Waals surface area contributed by atoms with Crippen LogP contribution in [0.1, 0.15) is 109 Å². The summed E-state index contributed by atoms with van der Waals surface area (Å²) in [6, 6.07) is 8.11. The third-order valence-corrected chi connectivity index (χ3v) is 6.76. The van der Waals surface area contributed by atoms with Gasteiger partial charge in [-0.05, 0) is 50.0 Å². The lowest BCUT2D eigenvalue weighted by atomic mass is 9.88. The first kappa shape index (κ1) is 24.7. The average Bonchev–Trinajstić information content (AvgIpc) is 3.02. The molecule has 2 atom stereocenters. The van der Waals surface area contributed by atoms with Gasteiger partial charge in [-0.3, -0.25) is 4.79 Å². The van der Waals surface area contributed by atoms with Crippen LogP contribution in [-0.4, -0.2) is 10.4 Å². The number of aromatic nitrogens is 1. The van der Waals surface area contributed by atoms with Gasteiger partial charge < -0.3 is 4.57 Å². The van der Waals surface area contributed by atoms with Crippen LogP contribution in [0.3, 0.4) is 0 Å². The lowest BCUT2D eigenvalue weighted by molar-refractivity contribution is 0.101. The highest BCUT2D eigenvalue weighted by molar-refractivity contribution is 6.06. The van der Waals surface area contributed by atoms with Crippen molar-refractivity contribution in [2.45, 2.75) is 105 Å². The van der Waals surface area contributed by atoms with Crippen LogP contribution in [0.2, 0.25) is 0 Å². The third-order valence-electron chi connectivity index (χ3n) is 6.76. The fourth-order valence-electron chi connectivity index (χ4n) is 5.00. The fourth-order valence-corrected chi connectivity index (χ4v) is 5.00. The van der Waals surface area contributed by atoms with Crippen LogP contribution < -0.4 is 0 Å². The molecule has 0 spiro atoms. The van der Waals surface area contributed by atoms with E-state index in [1.54, 1.807) is 6.92 Å². The number of unbranched alkanes of at least 4 members (excludes halogenated alkanes) is 3. The summed E-state index contributed by atoms with van der Waals surface area (Å²) in [4.78, 5) is 11.5. The van der Waals surface area contributed by atoms with Gasteiger partial charge in [0.1, 0.15) is 0 Å². The average molecular weight is 412 g/mol. The molecule has 3 rings (SSSR count). The smallest absolute Gasteiger partial charge is 0.161 e. The van der Waals surface area contributed by atoms with Crippen molar-refractivity contribution in [3.05, 3.63) is 36.0 Å². The Kier molecular flexibility index (Phi) is 10.7. The summed E-state index contributed by atoms with van der Waals surface area (Å²) in [6.45, 7) is 12.0. The molecule has 1 aromatic heterocycles. The second-order valence-corrected chi connectivity index (χ2v) is 9.78. The predicted molar refractivity (Wildman–Crippen MR) is 131 cm³/mol. The van der Waals surface area contributed by atoms with Crippen LogP contribution in [0.4, 0.5) is 0 Å². The molecule has 2 aromatic rings. The second kappa shape index (κ2) is 13.0. The quantitative estimate of drug-likeness (QED) is 0.242. The summed E-state index contributed by atoms with van der Waals surface area (Å²) in [6.07, 6.45) is 16.1. The third kappa shape index (κ3) is 7.60. The van der Waals surface area contributed by atoms with E-state index in [0.717, 1.165) is 41.7 Å². The molecule has 0 N–H and O–H groups in total. The van der Waals surface area contributed by atoms with E-state index in [1.165, 1.54) is 63.3 Å². The molecule has 0 bridgehead atoms. The van der Waals surface area contributed by atoms with Crippen molar-refractivity contribution in [3.63, 3.8) is 0 Å². The Balaban J connectivity index is 0.000000216. The first-order chi connectivity index (χ1) is 14.5. The minimum atomic E-state index is 0.145. The summed E-state index contributed by atoms with van der Waals surface area (Å²) in [7, 11) is 0. The predicted octanol–water partition coefficient (Wildman–Crippen LogP) is 8.67. The van der Waals surface area contributed by atoms with Crippen molar-refractivity contribution >= 4 is 16.7 Å². The van der Waals surface area contributed by atoms with Crippen molar-refractivity contribution in [1.82, 2.24) is 4.57 Å². The van der Waals surface area contributed by atoms with Crippen LogP contribution in [0, 0.1) is 17.8 Å². The number of hydrogen-bond donors (Lipinski definition) is 0. The summed E-state index contributed by atoms with van der Waals surface area (Å²) in [5.74, 6) is 3.18. The zero-order valence-electron chi connectivity index (χ0n) is 20.3. The van der Waals surface area contributed by atoms with Gasteiger partial charge in [-0.2, -0.15) is 0 Å². The first-order valence-electron chi connectivity index (χ1n) is 12.5. The standard InChI is InChI=1S/C14H17NO.C14H28/c1-3-4-9-15-10-13(11(2)16)12-7-5-6-8-14(12)15;1-4-5-6-7-14-10-12(2)8-9-13(3)11-14/h5-8,10H,3-4,9H2,1-2H3;12-14H,4-11H2,1-3H3. The molecule has 1 aromatic carbocycles. The number of carbonyl (C=O) groups excluding carboxylic acids is 1. The number of fused-ring (bicyclic) bond motifs is 1. The van der Waals surface area contributed by atoms with Crippen LogP contribution in [-0.2, 0) is 6.54 Å². The zero-order chi connectivity index (χ0) is 21.9. The van der Waals surface area contributed by atoms with Gasteiger partial charge in [0.15, 0.2) is 5.78 Å². The van der Waals surface area contributed by atoms with Gasteiger partial charge in [0.25, 0.3) is 0 Å². The molecule has 1 heterocycles. The monoisotopic (exact) mass is 411 g/mol. The molecule has 1 saturated carbocycles. The number of para-hydroxylation sites is 1.